The van der Waals surface area contributed by atoms with Crippen LogP contribution in [-0.2, 0) is 29.0 Å². The summed E-state index contributed by atoms with van der Waals surface area (Å²) < 4.78 is 10.6. The van der Waals surface area contributed by atoms with Gasteiger partial charge in [-0.05, 0) is 81.6 Å². The number of carbonyl (C=O) groups excluding carboxylic acids is 2. The van der Waals surface area contributed by atoms with Gasteiger partial charge in [-0.3, -0.25) is 14.6 Å². The zero-order valence-corrected chi connectivity index (χ0v) is 27.4. The number of nitrogens with zero attached hydrogens (tertiary/aromatic N) is 5. The maximum absolute atomic E-state index is 15.0. The fourth-order valence-electron chi connectivity index (χ4n) is 6.63. The number of allylic oxidation sites excluding steroid dienone is 1. The Morgan fingerprint density at radius 2 is 1.72 bits per heavy atom. The lowest BCUT2D eigenvalue weighted by Crippen LogP contribution is -2.44. The van der Waals surface area contributed by atoms with Gasteiger partial charge in [-0.15, -0.1) is 0 Å². The summed E-state index contributed by atoms with van der Waals surface area (Å²) in [6, 6.07) is 20.8. The molecule has 47 heavy (non-hydrogen) atoms. The Morgan fingerprint density at radius 1 is 0.979 bits per heavy atom. The summed E-state index contributed by atoms with van der Waals surface area (Å²) in [7, 11) is 1.28. The van der Waals surface area contributed by atoms with Crippen molar-refractivity contribution in [2.24, 2.45) is 0 Å². The third-order valence-corrected chi connectivity index (χ3v) is 8.78. The molecule has 1 amide bonds. The van der Waals surface area contributed by atoms with E-state index in [0.29, 0.717) is 31.1 Å². The van der Waals surface area contributed by atoms with Crippen molar-refractivity contribution < 1.29 is 18.7 Å². The summed E-state index contributed by atoms with van der Waals surface area (Å²) in [4.78, 5) is 33.3. The number of aryl methyl sites for hydroxylation is 2. The van der Waals surface area contributed by atoms with Gasteiger partial charge in [0.25, 0.3) is 5.91 Å². The number of rotatable bonds is 11. The van der Waals surface area contributed by atoms with Gasteiger partial charge >= 0.3 is 5.97 Å². The van der Waals surface area contributed by atoms with Gasteiger partial charge in [0.15, 0.2) is 0 Å². The molecule has 0 aliphatic carbocycles. The standard InChI is InChI=1S/C37H42N6O4/c1-26-16-27(2)18-29(17-26)20-33(42-15-12-40-25-42)35(30(21-38)22-39)36(44)43(24-32-10-11-34(47-32)37(45)46-3)31-9-7-8-28(19-31)23-41-13-5-4-6-14-41/h7-11,16-19,33,40H,4-6,12-15,20,23-25H2,1-3H3. The lowest BCUT2D eigenvalue weighted by molar-refractivity contribution is -0.116. The van der Waals surface area contributed by atoms with E-state index < -0.39 is 17.9 Å². The van der Waals surface area contributed by atoms with E-state index in [9.17, 15) is 15.3 Å². The molecule has 2 aliphatic heterocycles. The Bertz CT molecular complexity index is 1670. The monoisotopic (exact) mass is 634 g/mol. The van der Waals surface area contributed by atoms with Crippen molar-refractivity contribution in [2.75, 3.05) is 44.9 Å². The highest BCUT2D eigenvalue weighted by molar-refractivity contribution is 6.08. The minimum absolute atomic E-state index is 0.0227. The maximum Gasteiger partial charge on any atom is 0.373 e. The SMILES string of the molecule is COC(=O)c1ccc(CN(C(=O)C(=C(C#N)C#N)C(Cc2cc(C)cc(C)c2)N2CCNC2)c2cccc(CN3CCCCC3)c2)o1. The first-order valence-electron chi connectivity index (χ1n) is 16.2. The van der Waals surface area contributed by atoms with Crippen LogP contribution in [0.4, 0.5) is 5.69 Å². The van der Waals surface area contributed by atoms with E-state index >= 15 is 4.79 Å². The summed E-state index contributed by atoms with van der Waals surface area (Å²) in [5.74, 6) is -0.696. The van der Waals surface area contributed by atoms with Crippen molar-refractivity contribution in [1.29, 1.82) is 10.5 Å². The Kier molecular flexibility index (Phi) is 11.2. The third kappa shape index (κ3) is 8.35. The van der Waals surface area contributed by atoms with Gasteiger partial charge in [0.2, 0.25) is 5.76 Å². The molecule has 3 heterocycles. The van der Waals surface area contributed by atoms with Crippen LogP contribution in [0.3, 0.4) is 0 Å². The molecule has 1 aromatic heterocycles. The Labute approximate surface area is 276 Å². The summed E-state index contributed by atoms with van der Waals surface area (Å²) >= 11 is 0. The second kappa shape index (κ2) is 15.7. The molecule has 5 rings (SSSR count). The number of benzene rings is 2. The average molecular weight is 635 g/mol. The summed E-state index contributed by atoms with van der Waals surface area (Å²) in [5, 5.41) is 23.8. The third-order valence-electron chi connectivity index (χ3n) is 8.78. The topological polar surface area (TPSA) is 126 Å². The van der Waals surface area contributed by atoms with Crippen molar-refractivity contribution in [3.05, 3.63) is 99.5 Å². The van der Waals surface area contributed by atoms with Crippen LogP contribution in [0.5, 0.6) is 0 Å². The molecular weight excluding hydrogens is 592 g/mol. The zero-order chi connectivity index (χ0) is 33.3. The zero-order valence-electron chi connectivity index (χ0n) is 27.4. The Morgan fingerprint density at radius 3 is 2.38 bits per heavy atom. The van der Waals surface area contributed by atoms with Gasteiger partial charge in [-0.2, -0.15) is 10.5 Å². The van der Waals surface area contributed by atoms with Crippen LogP contribution in [0, 0.1) is 36.5 Å². The first kappa shape index (κ1) is 33.6. The number of anilines is 1. The van der Waals surface area contributed by atoms with Crippen molar-refractivity contribution in [3.8, 4) is 12.1 Å². The van der Waals surface area contributed by atoms with Gasteiger partial charge in [-0.1, -0.05) is 47.9 Å². The van der Waals surface area contributed by atoms with Crippen LogP contribution in [0.15, 0.2) is 70.2 Å². The minimum atomic E-state index is -0.621. The van der Waals surface area contributed by atoms with Gasteiger partial charge in [0.05, 0.1) is 19.2 Å². The normalized spacial score (nSPS) is 15.8. The van der Waals surface area contributed by atoms with Gasteiger partial charge in [0, 0.05) is 38.0 Å². The molecule has 0 bridgehead atoms. The smallest absolute Gasteiger partial charge is 0.373 e. The molecule has 1 unspecified atom stereocenters. The van der Waals surface area contributed by atoms with Gasteiger partial charge in [0.1, 0.15) is 23.5 Å². The van der Waals surface area contributed by atoms with Crippen molar-refractivity contribution >= 4 is 17.6 Å². The second-order valence-electron chi connectivity index (χ2n) is 12.4. The molecular formula is C37H42N6O4. The molecule has 2 aliphatic rings. The summed E-state index contributed by atoms with van der Waals surface area (Å²) in [6.45, 7) is 8.75. The number of amides is 1. The van der Waals surface area contributed by atoms with Crippen LogP contribution < -0.4 is 10.2 Å². The first-order chi connectivity index (χ1) is 22.8. The number of hydrogen-bond acceptors (Lipinski definition) is 9. The molecule has 10 heteroatoms. The first-order valence-corrected chi connectivity index (χ1v) is 16.2. The number of nitriles is 2. The molecule has 10 nitrogen and oxygen atoms in total. The molecule has 0 spiro atoms. The van der Waals surface area contributed by atoms with Crippen LogP contribution >= 0.6 is 0 Å². The molecule has 3 aromatic rings. The highest BCUT2D eigenvalue weighted by atomic mass is 16.5. The van der Waals surface area contributed by atoms with Gasteiger partial charge < -0.3 is 19.4 Å². The number of piperidine rings is 1. The quantitative estimate of drug-likeness (QED) is 0.176. The molecule has 1 N–H and O–H groups in total. The fourth-order valence-corrected chi connectivity index (χ4v) is 6.63. The summed E-state index contributed by atoms with van der Waals surface area (Å²) in [6.07, 6.45) is 4.00. The molecule has 2 saturated heterocycles. The van der Waals surface area contributed by atoms with Crippen molar-refractivity contribution in [2.45, 2.75) is 58.7 Å². The number of likely N-dealkylation sites (tertiary alicyclic amines) is 1. The van der Waals surface area contributed by atoms with Crippen LogP contribution in [0.1, 0.15) is 57.8 Å². The number of methoxy groups -OCH3 is 1. The van der Waals surface area contributed by atoms with E-state index in [0.717, 1.165) is 61.3 Å². The number of furan rings is 1. The van der Waals surface area contributed by atoms with E-state index in [1.54, 1.807) is 11.0 Å². The van der Waals surface area contributed by atoms with Crippen LogP contribution in [0.2, 0.25) is 0 Å². The molecule has 0 radical (unpaired) electrons. The minimum Gasteiger partial charge on any atom is -0.463 e. The number of nitrogens with one attached hydrogen (secondary N) is 1. The summed E-state index contributed by atoms with van der Waals surface area (Å²) in [5.41, 5.74) is 4.80. The number of carbonyl (C=O) groups is 2. The van der Waals surface area contributed by atoms with Crippen LogP contribution in [-0.4, -0.2) is 67.7 Å². The van der Waals surface area contributed by atoms with Gasteiger partial charge in [-0.25, -0.2) is 4.79 Å². The Balaban J connectivity index is 1.59. The highest BCUT2D eigenvalue weighted by Crippen LogP contribution is 2.29. The molecule has 2 fully saturated rings. The van der Waals surface area contributed by atoms with E-state index in [1.807, 2.05) is 44.2 Å². The van der Waals surface area contributed by atoms with Crippen molar-refractivity contribution in [1.82, 2.24) is 15.1 Å². The van der Waals surface area contributed by atoms with E-state index in [-0.39, 0.29) is 23.5 Å². The predicted molar refractivity (Wildman–Crippen MR) is 178 cm³/mol. The molecule has 244 valence electrons. The van der Waals surface area contributed by atoms with E-state index in [2.05, 4.69) is 39.4 Å². The molecule has 1 atom stereocenters. The Hall–Kier alpha value is -4.74. The predicted octanol–water partition coefficient (Wildman–Crippen LogP) is 5.02. The maximum atomic E-state index is 15.0. The average Bonchev–Trinajstić information content (AvgIpc) is 3.78. The lowest BCUT2D eigenvalue weighted by Gasteiger charge is -2.32. The van der Waals surface area contributed by atoms with Crippen LogP contribution in [0.25, 0.3) is 0 Å². The number of esters is 1. The van der Waals surface area contributed by atoms with Crippen molar-refractivity contribution in [3.63, 3.8) is 0 Å². The molecule has 0 saturated carbocycles. The number of ether oxygens (including phenoxy) is 1. The highest BCUT2D eigenvalue weighted by Gasteiger charge is 2.35. The largest absolute Gasteiger partial charge is 0.463 e. The fraction of sp³-hybridized carbons (Fsp3) is 0.405. The van der Waals surface area contributed by atoms with E-state index in [1.165, 1.54) is 19.6 Å². The second-order valence-corrected chi connectivity index (χ2v) is 12.4. The lowest BCUT2D eigenvalue weighted by atomic mass is 9.91. The number of hydrogen-bond donors (Lipinski definition) is 1. The molecule has 2 aromatic carbocycles. The van der Waals surface area contributed by atoms with E-state index in [4.69, 9.17) is 9.15 Å².